The summed E-state index contributed by atoms with van der Waals surface area (Å²) in [7, 11) is 0. The predicted octanol–water partition coefficient (Wildman–Crippen LogP) is 2.63. The second-order valence-electron chi connectivity index (χ2n) is 6.40. The van der Waals surface area contributed by atoms with Gasteiger partial charge < -0.3 is 21.7 Å². The van der Waals surface area contributed by atoms with Crippen molar-refractivity contribution in [1.82, 2.24) is 10.6 Å². The fraction of sp³-hybridized carbons (Fsp3) is 0.529. The van der Waals surface area contributed by atoms with Crippen molar-refractivity contribution in [3.63, 3.8) is 0 Å². The van der Waals surface area contributed by atoms with Crippen LogP contribution in [-0.2, 0) is 11.3 Å². The molecule has 0 unspecified atom stereocenters. The van der Waals surface area contributed by atoms with Crippen LogP contribution >= 0.6 is 12.4 Å². The number of nitrogens with one attached hydrogen (secondary N) is 3. The van der Waals surface area contributed by atoms with E-state index in [-0.39, 0.29) is 30.4 Å². The lowest BCUT2D eigenvalue weighted by Gasteiger charge is -2.14. The molecule has 0 saturated heterocycles. The maximum Gasteiger partial charge on any atom is 0.319 e. The second-order valence-corrected chi connectivity index (χ2v) is 6.40. The highest BCUT2D eigenvalue weighted by Crippen LogP contribution is 2.10. The Morgan fingerprint density at radius 1 is 1.08 bits per heavy atom. The zero-order chi connectivity index (χ0) is 17.4. The van der Waals surface area contributed by atoms with E-state index in [9.17, 15) is 9.59 Å². The van der Waals surface area contributed by atoms with Crippen LogP contribution in [0.15, 0.2) is 24.3 Å². The van der Waals surface area contributed by atoms with Crippen molar-refractivity contribution < 1.29 is 9.59 Å². The number of carbonyl (C=O) groups excluding carboxylic acids is 2. The van der Waals surface area contributed by atoms with E-state index in [4.69, 9.17) is 5.73 Å². The summed E-state index contributed by atoms with van der Waals surface area (Å²) < 4.78 is 0. The van der Waals surface area contributed by atoms with Gasteiger partial charge in [-0.15, -0.1) is 12.4 Å². The molecule has 24 heavy (non-hydrogen) atoms. The molecule has 0 heterocycles. The predicted molar refractivity (Wildman–Crippen MR) is 100 cm³/mol. The topological polar surface area (TPSA) is 96.2 Å². The number of rotatable bonds is 7. The number of halogens is 1. The van der Waals surface area contributed by atoms with E-state index in [1.54, 1.807) is 12.1 Å². The summed E-state index contributed by atoms with van der Waals surface area (Å²) in [6.07, 6.45) is 0.666. The molecule has 1 rings (SSSR count). The van der Waals surface area contributed by atoms with Crippen molar-refractivity contribution in [2.45, 2.75) is 52.7 Å². The minimum Gasteiger partial charge on any atom is -0.351 e. The van der Waals surface area contributed by atoms with Gasteiger partial charge in [0.1, 0.15) is 0 Å². The van der Waals surface area contributed by atoms with E-state index in [1.165, 1.54) is 0 Å². The first-order chi connectivity index (χ1) is 10.8. The third-order valence-electron chi connectivity index (χ3n) is 3.16. The van der Waals surface area contributed by atoms with Crippen molar-refractivity contribution in [3.8, 4) is 0 Å². The SMILES string of the molecule is CC(C)C[C@H](N)C(=O)NCc1ccc(NC(=O)NC(C)C)cc1.Cl. The van der Waals surface area contributed by atoms with Crippen LogP contribution in [-0.4, -0.2) is 24.0 Å². The van der Waals surface area contributed by atoms with Crippen molar-refractivity contribution in [2.75, 3.05) is 5.32 Å². The molecule has 3 amide bonds. The molecule has 5 N–H and O–H groups in total. The Hall–Kier alpha value is -1.79. The zero-order valence-electron chi connectivity index (χ0n) is 14.8. The van der Waals surface area contributed by atoms with Gasteiger partial charge in [-0.3, -0.25) is 4.79 Å². The Kier molecular flexibility index (Phi) is 10.1. The molecule has 0 fully saturated rings. The molecular formula is C17H29ClN4O2. The summed E-state index contributed by atoms with van der Waals surface area (Å²) in [6, 6.07) is 6.69. The second kappa shape index (κ2) is 10.9. The number of anilines is 1. The number of urea groups is 1. The largest absolute Gasteiger partial charge is 0.351 e. The summed E-state index contributed by atoms with van der Waals surface area (Å²) in [5, 5.41) is 8.33. The van der Waals surface area contributed by atoms with Gasteiger partial charge in [0.25, 0.3) is 0 Å². The van der Waals surface area contributed by atoms with Crippen LogP contribution in [0.25, 0.3) is 0 Å². The normalized spacial score (nSPS) is 11.6. The molecule has 0 spiro atoms. The van der Waals surface area contributed by atoms with Crippen LogP contribution in [0.2, 0.25) is 0 Å². The molecular weight excluding hydrogens is 328 g/mol. The van der Waals surface area contributed by atoms with Gasteiger partial charge in [0.15, 0.2) is 0 Å². The third kappa shape index (κ3) is 8.74. The maximum atomic E-state index is 11.9. The average molecular weight is 357 g/mol. The number of nitrogens with two attached hydrogens (primary N) is 1. The number of hydrogen-bond donors (Lipinski definition) is 4. The van der Waals surface area contributed by atoms with Crippen molar-refractivity contribution in [3.05, 3.63) is 29.8 Å². The first kappa shape index (κ1) is 22.2. The third-order valence-corrected chi connectivity index (χ3v) is 3.16. The van der Waals surface area contributed by atoms with Crippen LogP contribution in [0.4, 0.5) is 10.5 Å². The van der Waals surface area contributed by atoms with Gasteiger partial charge in [-0.25, -0.2) is 4.79 Å². The van der Waals surface area contributed by atoms with E-state index < -0.39 is 6.04 Å². The van der Waals surface area contributed by atoms with Crippen LogP contribution in [0, 0.1) is 5.92 Å². The molecule has 0 aliphatic heterocycles. The summed E-state index contributed by atoms with van der Waals surface area (Å²) in [6.45, 7) is 8.29. The van der Waals surface area contributed by atoms with Gasteiger partial charge in [-0.1, -0.05) is 26.0 Å². The summed E-state index contributed by atoms with van der Waals surface area (Å²) in [5.41, 5.74) is 7.49. The zero-order valence-corrected chi connectivity index (χ0v) is 15.6. The smallest absolute Gasteiger partial charge is 0.319 e. The van der Waals surface area contributed by atoms with Gasteiger partial charge >= 0.3 is 6.03 Å². The highest BCUT2D eigenvalue weighted by Gasteiger charge is 2.14. The van der Waals surface area contributed by atoms with E-state index >= 15 is 0 Å². The van der Waals surface area contributed by atoms with E-state index in [0.717, 1.165) is 5.56 Å². The number of amides is 3. The average Bonchev–Trinajstić information content (AvgIpc) is 2.44. The van der Waals surface area contributed by atoms with E-state index in [0.29, 0.717) is 24.6 Å². The molecule has 0 bridgehead atoms. The van der Waals surface area contributed by atoms with Gasteiger partial charge in [0, 0.05) is 18.3 Å². The Bertz CT molecular complexity index is 518. The van der Waals surface area contributed by atoms with Crippen molar-refractivity contribution in [2.24, 2.45) is 11.7 Å². The lowest BCUT2D eigenvalue weighted by molar-refractivity contribution is -0.122. The fourth-order valence-corrected chi connectivity index (χ4v) is 2.07. The number of carbonyl (C=O) groups is 2. The molecule has 6 nitrogen and oxygen atoms in total. The van der Waals surface area contributed by atoms with E-state index in [1.807, 2.05) is 39.8 Å². The lowest BCUT2D eigenvalue weighted by Crippen LogP contribution is -2.41. The van der Waals surface area contributed by atoms with Crippen LogP contribution in [0.1, 0.15) is 39.7 Å². The summed E-state index contributed by atoms with van der Waals surface area (Å²) >= 11 is 0. The molecule has 0 aromatic heterocycles. The molecule has 0 saturated carbocycles. The quantitative estimate of drug-likeness (QED) is 0.604. The molecule has 1 aromatic rings. The van der Waals surface area contributed by atoms with Gasteiger partial charge in [-0.2, -0.15) is 0 Å². The minimum atomic E-state index is -0.476. The molecule has 0 radical (unpaired) electrons. The number of benzene rings is 1. The van der Waals surface area contributed by atoms with Crippen LogP contribution in [0.5, 0.6) is 0 Å². The highest BCUT2D eigenvalue weighted by molar-refractivity contribution is 5.89. The van der Waals surface area contributed by atoms with Gasteiger partial charge in [0.2, 0.25) is 5.91 Å². The Morgan fingerprint density at radius 2 is 1.67 bits per heavy atom. The molecule has 7 heteroatoms. The molecule has 0 aliphatic rings. The summed E-state index contributed by atoms with van der Waals surface area (Å²) in [5.74, 6) is 0.246. The standard InChI is InChI=1S/C17H28N4O2.ClH/c1-11(2)9-15(18)16(22)19-10-13-5-7-14(8-6-13)21-17(23)20-12(3)4;/h5-8,11-12,15H,9-10,18H2,1-4H3,(H,19,22)(H2,20,21,23);1H/t15-;/m0./s1. The van der Waals surface area contributed by atoms with Crippen molar-refractivity contribution in [1.29, 1.82) is 0 Å². The fourth-order valence-electron chi connectivity index (χ4n) is 2.07. The van der Waals surface area contributed by atoms with Crippen molar-refractivity contribution >= 4 is 30.0 Å². The molecule has 1 aromatic carbocycles. The number of hydrogen-bond acceptors (Lipinski definition) is 3. The monoisotopic (exact) mass is 356 g/mol. The first-order valence-electron chi connectivity index (χ1n) is 7.97. The van der Waals surface area contributed by atoms with Crippen LogP contribution in [0.3, 0.4) is 0 Å². The van der Waals surface area contributed by atoms with Crippen LogP contribution < -0.4 is 21.7 Å². The first-order valence-corrected chi connectivity index (χ1v) is 7.97. The maximum absolute atomic E-state index is 11.9. The molecule has 0 aliphatic carbocycles. The summed E-state index contributed by atoms with van der Waals surface area (Å²) in [4.78, 5) is 23.5. The Morgan fingerprint density at radius 3 is 2.17 bits per heavy atom. The van der Waals surface area contributed by atoms with E-state index in [2.05, 4.69) is 16.0 Å². The highest BCUT2D eigenvalue weighted by atomic mass is 35.5. The minimum absolute atomic E-state index is 0. The van der Waals surface area contributed by atoms with Gasteiger partial charge in [0.05, 0.1) is 6.04 Å². The molecule has 1 atom stereocenters. The Balaban J connectivity index is 0.00000529. The Labute approximate surface area is 150 Å². The molecule has 136 valence electrons. The lowest BCUT2D eigenvalue weighted by atomic mass is 10.0. The van der Waals surface area contributed by atoms with Gasteiger partial charge in [-0.05, 0) is 43.9 Å².